The quantitative estimate of drug-likeness (QED) is 0.183. The highest BCUT2D eigenvalue weighted by Crippen LogP contribution is 2.29. The molecule has 0 aliphatic heterocycles. The topological polar surface area (TPSA) is 149 Å². The second-order valence-corrected chi connectivity index (χ2v) is 11.0. The van der Waals surface area contributed by atoms with Crippen molar-refractivity contribution in [3.8, 4) is 0 Å². The van der Waals surface area contributed by atoms with Gasteiger partial charge in [-0.05, 0) is 35.7 Å². The number of quaternary nitrogens is 1. The maximum atomic E-state index is 13.4. The summed E-state index contributed by atoms with van der Waals surface area (Å²) in [4.78, 5) is 31.0. The molecule has 0 fully saturated rings. The fourth-order valence-corrected chi connectivity index (χ4v) is 4.82. The molecule has 0 unspecified atom stereocenters. The smallest absolute Gasteiger partial charge is 0.343 e. The predicted molar refractivity (Wildman–Crippen MR) is 158 cm³/mol. The van der Waals surface area contributed by atoms with E-state index in [9.17, 15) is 22.8 Å². The number of nitrogens with zero attached hydrogens (tertiary/aromatic N) is 2. The number of hydrogen-bond acceptors (Lipinski definition) is 6. The molecule has 9 nitrogen and oxygen atoms in total. The largest absolute Gasteiger partial charge is 0.416 e. The normalized spacial score (nSPS) is 14.3. The van der Waals surface area contributed by atoms with E-state index in [-0.39, 0.29) is 12.3 Å². The summed E-state index contributed by atoms with van der Waals surface area (Å²) in [5, 5.41) is 6.31. The number of aromatic nitrogens is 1. The van der Waals surface area contributed by atoms with Crippen LogP contribution in [0.1, 0.15) is 24.5 Å². The summed E-state index contributed by atoms with van der Waals surface area (Å²) in [5.74, 6) is -1.30. The third-order valence-corrected chi connectivity index (χ3v) is 7.59. The summed E-state index contributed by atoms with van der Waals surface area (Å²) in [5.41, 5.74) is 18.7. The van der Waals surface area contributed by atoms with Crippen molar-refractivity contribution in [2.75, 3.05) is 45.1 Å². The second-order valence-electron chi connectivity index (χ2n) is 11.0. The number of benzene rings is 2. The monoisotopic (exact) mass is 588 g/mol. The summed E-state index contributed by atoms with van der Waals surface area (Å²) in [6.07, 6.45) is -2.40. The van der Waals surface area contributed by atoms with Crippen LogP contribution in [-0.4, -0.2) is 73.1 Å². The summed E-state index contributed by atoms with van der Waals surface area (Å²) >= 11 is 0. The van der Waals surface area contributed by atoms with Crippen molar-refractivity contribution in [3.05, 3.63) is 71.9 Å². The van der Waals surface area contributed by atoms with E-state index >= 15 is 0 Å². The molecular formula is C30H41F3N7O2+. The Kier molecular flexibility index (Phi) is 11.4. The first-order chi connectivity index (χ1) is 19.8. The maximum absolute atomic E-state index is 13.4. The van der Waals surface area contributed by atoms with Crippen LogP contribution in [0.15, 0.2) is 60.8 Å². The number of alkyl halides is 3. The highest BCUT2D eigenvalue weighted by Gasteiger charge is 2.31. The molecule has 2 amide bonds. The van der Waals surface area contributed by atoms with Crippen LogP contribution in [0.5, 0.6) is 0 Å². The van der Waals surface area contributed by atoms with Gasteiger partial charge in [-0.2, -0.15) is 13.2 Å². The van der Waals surface area contributed by atoms with E-state index in [1.54, 1.807) is 6.07 Å². The van der Waals surface area contributed by atoms with Gasteiger partial charge in [0.2, 0.25) is 11.8 Å². The molecule has 0 saturated carbocycles. The number of nitrogens with two attached hydrogens (primary N) is 3. The van der Waals surface area contributed by atoms with Gasteiger partial charge in [0.05, 0.1) is 55.7 Å². The predicted octanol–water partition coefficient (Wildman–Crippen LogP) is 2.64. The number of hydrogen-bond donors (Lipinski definition) is 5. The average Bonchev–Trinajstić information content (AvgIpc) is 2.95. The summed E-state index contributed by atoms with van der Waals surface area (Å²) in [7, 11) is 2.06. The fourth-order valence-electron chi connectivity index (χ4n) is 4.82. The first kappa shape index (κ1) is 32.9. The number of fused-ring (bicyclic) bond motifs is 1. The molecule has 228 valence electrons. The molecule has 42 heavy (non-hydrogen) atoms. The number of nitrogens with one attached hydrogen (secondary N) is 2. The van der Waals surface area contributed by atoms with Gasteiger partial charge in [-0.25, -0.2) is 0 Å². The Morgan fingerprint density at radius 1 is 0.976 bits per heavy atom. The van der Waals surface area contributed by atoms with E-state index in [1.807, 2.05) is 31.2 Å². The SMILES string of the molecule is C[C@@H](CC[N+](C)(CCN)CCN)[C@H](N)C(=O)N[C@@H](Cc1ccc(C(F)(F)F)cc1)C(=O)Nc1cnc2ccccc2c1. The zero-order chi connectivity index (χ0) is 30.9. The molecule has 12 heteroatoms. The van der Waals surface area contributed by atoms with Crippen molar-refractivity contribution in [3.63, 3.8) is 0 Å². The van der Waals surface area contributed by atoms with E-state index in [4.69, 9.17) is 17.2 Å². The minimum absolute atomic E-state index is 0.0419. The van der Waals surface area contributed by atoms with Crippen molar-refractivity contribution in [2.24, 2.45) is 23.1 Å². The number of likely N-dealkylation sites (N-methyl/N-ethyl adjacent to an activating group) is 1. The van der Waals surface area contributed by atoms with E-state index in [0.29, 0.717) is 35.2 Å². The maximum Gasteiger partial charge on any atom is 0.416 e. The van der Waals surface area contributed by atoms with Crippen molar-refractivity contribution >= 4 is 28.4 Å². The highest BCUT2D eigenvalue weighted by atomic mass is 19.4. The van der Waals surface area contributed by atoms with Crippen LogP contribution in [0.25, 0.3) is 10.9 Å². The zero-order valence-electron chi connectivity index (χ0n) is 24.0. The lowest BCUT2D eigenvalue weighted by Crippen LogP contribution is -2.54. The van der Waals surface area contributed by atoms with Crippen LogP contribution in [0.4, 0.5) is 18.9 Å². The first-order valence-corrected chi connectivity index (χ1v) is 14.0. The number of halogens is 3. The average molecular weight is 589 g/mol. The van der Waals surface area contributed by atoms with Gasteiger partial charge in [0, 0.05) is 31.3 Å². The minimum atomic E-state index is -4.49. The van der Waals surface area contributed by atoms with Crippen molar-refractivity contribution in [2.45, 2.75) is 38.0 Å². The lowest BCUT2D eigenvalue weighted by atomic mass is 9.96. The van der Waals surface area contributed by atoms with Gasteiger partial charge in [-0.3, -0.25) is 14.6 Å². The third kappa shape index (κ3) is 9.21. The Balaban J connectivity index is 1.76. The fraction of sp³-hybridized carbons (Fsp3) is 0.433. The third-order valence-electron chi connectivity index (χ3n) is 7.59. The van der Waals surface area contributed by atoms with Crippen molar-refractivity contribution in [1.29, 1.82) is 0 Å². The van der Waals surface area contributed by atoms with Crippen LogP contribution in [-0.2, 0) is 22.2 Å². The molecule has 8 N–H and O–H groups in total. The van der Waals surface area contributed by atoms with Crippen LogP contribution in [0.2, 0.25) is 0 Å². The van der Waals surface area contributed by atoms with Crippen molar-refractivity contribution < 1.29 is 27.2 Å². The number of amides is 2. The lowest BCUT2D eigenvalue weighted by molar-refractivity contribution is -0.907. The van der Waals surface area contributed by atoms with Gasteiger partial charge in [0.15, 0.2) is 0 Å². The Morgan fingerprint density at radius 2 is 1.62 bits per heavy atom. The van der Waals surface area contributed by atoms with Crippen LogP contribution in [0, 0.1) is 5.92 Å². The molecule has 1 aromatic heterocycles. The van der Waals surface area contributed by atoms with E-state index in [0.717, 1.165) is 42.7 Å². The standard InChI is InChI=1S/C30H40F3N7O2/c1-20(11-14-40(2,15-12-34)16-13-35)27(36)29(42)39-26(17-21-7-9-23(10-8-21)30(31,32)33)28(41)38-24-18-22-5-3-4-6-25(22)37-19-24/h3-10,18-20,26-27H,11-17,34-36H2,1-2H3,(H-,38,39,41,42)/p+1/t20-,26-,27-/m0/s1. The van der Waals surface area contributed by atoms with Gasteiger partial charge in [-0.15, -0.1) is 0 Å². The Hall–Kier alpha value is -3.58. The van der Waals surface area contributed by atoms with Gasteiger partial charge in [-0.1, -0.05) is 37.3 Å². The molecule has 0 saturated heterocycles. The molecule has 0 spiro atoms. The van der Waals surface area contributed by atoms with Gasteiger partial charge in [0.25, 0.3) is 0 Å². The van der Waals surface area contributed by atoms with E-state index < -0.39 is 35.6 Å². The Morgan fingerprint density at radius 3 is 2.24 bits per heavy atom. The van der Waals surface area contributed by atoms with Crippen molar-refractivity contribution in [1.82, 2.24) is 10.3 Å². The second kappa shape index (κ2) is 14.5. The molecule has 1 heterocycles. The number of carbonyl (C=O) groups excluding carboxylic acids is 2. The Labute approximate surface area is 244 Å². The number of anilines is 1. The van der Waals surface area contributed by atoms with Gasteiger partial charge < -0.3 is 32.3 Å². The lowest BCUT2D eigenvalue weighted by Gasteiger charge is -2.35. The molecular weight excluding hydrogens is 547 g/mol. The molecule has 0 radical (unpaired) electrons. The van der Waals surface area contributed by atoms with E-state index in [1.165, 1.54) is 18.3 Å². The van der Waals surface area contributed by atoms with E-state index in [2.05, 4.69) is 22.7 Å². The van der Waals surface area contributed by atoms with Crippen LogP contribution < -0.4 is 27.8 Å². The molecule has 0 bridgehead atoms. The Bertz CT molecular complexity index is 1330. The minimum Gasteiger partial charge on any atom is -0.343 e. The molecule has 3 rings (SSSR count). The molecule has 2 aromatic carbocycles. The molecule has 0 aliphatic rings. The summed E-state index contributed by atoms with van der Waals surface area (Å²) in [6.45, 7) is 5.08. The van der Waals surface area contributed by atoms with Gasteiger partial charge >= 0.3 is 6.18 Å². The summed E-state index contributed by atoms with van der Waals surface area (Å²) in [6, 6.07) is 11.6. The zero-order valence-corrected chi connectivity index (χ0v) is 24.0. The highest BCUT2D eigenvalue weighted by molar-refractivity contribution is 5.99. The molecule has 3 aromatic rings. The number of para-hydroxylation sites is 1. The van der Waals surface area contributed by atoms with Gasteiger partial charge in [0.1, 0.15) is 6.04 Å². The van der Waals surface area contributed by atoms with Crippen LogP contribution >= 0.6 is 0 Å². The molecule has 0 aliphatic carbocycles. The first-order valence-electron chi connectivity index (χ1n) is 14.0. The molecule has 3 atom stereocenters. The number of rotatable bonds is 14. The van der Waals surface area contributed by atoms with Crippen LogP contribution in [0.3, 0.4) is 0 Å². The number of carbonyl (C=O) groups is 2. The summed E-state index contributed by atoms with van der Waals surface area (Å²) < 4.78 is 39.9. The number of pyridine rings is 1.